The van der Waals surface area contributed by atoms with Gasteiger partial charge in [-0.1, -0.05) is 13.3 Å². The number of aliphatic hydroxyl groups excluding tert-OH is 1. The Labute approximate surface area is 61.9 Å². The summed E-state index contributed by atoms with van der Waals surface area (Å²) >= 11 is 0. The average molecular weight is 144 g/mol. The summed E-state index contributed by atoms with van der Waals surface area (Å²) in [4.78, 5) is 0. The van der Waals surface area contributed by atoms with Gasteiger partial charge < -0.3 is 10.2 Å². The van der Waals surface area contributed by atoms with Crippen molar-refractivity contribution in [2.24, 2.45) is 5.92 Å². The maximum Gasteiger partial charge on any atom is 0.0704 e. The van der Waals surface area contributed by atoms with Gasteiger partial charge in [-0.3, -0.25) is 0 Å². The summed E-state index contributed by atoms with van der Waals surface area (Å²) in [5.41, 5.74) is -0.511. The normalized spacial score (nSPS) is 41.4. The van der Waals surface area contributed by atoms with Crippen LogP contribution in [0.5, 0.6) is 0 Å². The molecular formula is C8H16O2. The third-order valence-electron chi connectivity index (χ3n) is 2.34. The van der Waals surface area contributed by atoms with Gasteiger partial charge in [0, 0.05) is 6.42 Å². The highest BCUT2D eigenvalue weighted by molar-refractivity contribution is 5.03. The molecule has 0 amide bonds. The Morgan fingerprint density at radius 3 is 2.60 bits per heavy atom. The monoisotopic (exact) mass is 144 g/mol. The minimum absolute atomic E-state index is 0.360. The zero-order valence-corrected chi connectivity index (χ0v) is 6.67. The van der Waals surface area contributed by atoms with Crippen LogP contribution in [0.2, 0.25) is 0 Å². The van der Waals surface area contributed by atoms with E-state index in [9.17, 15) is 5.11 Å². The van der Waals surface area contributed by atoms with Crippen molar-refractivity contribution in [3.05, 3.63) is 0 Å². The van der Waals surface area contributed by atoms with Gasteiger partial charge in [0.2, 0.25) is 0 Å². The van der Waals surface area contributed by atoms with E-state index >= 15 is 0 Å². The Morgan fingerprint density at radius 1 is 1.70 bits per heavy atom. The summed E-state index contributed by atoms with van der Waals surface area (Å²) in [5, 5.41) is 18.6. The fraction of sp³-hybridized carbons (Fsp3) is 1.00. The zero-order valence-electron chi connectivity index (χ0n) is 6.67. The van der Waals surface area contributed by atoms with Crippen LogP contribution in [0.1, 0.15) is 33.1 Å². The molecule has 3 atom stereocenters. The first-order chi connectivity index (χ1) is 4.58. The molecule has 0 aromatic heterocycles. The molecule has 1 aliphatic carbocycles. The van der Waals surface area contributed by atoms with Gasteiger partial charge in [0.1, 0.15) is 0 Å². The summed E-state index contributed by atoms with van der Waals surface area (Å²) in [5.74, 6) is 0.446. The van der Waals surface area contributed by atoms with E-state index in [0.29, 0.717) is 12.3 Å². The molecule has 0 aliphatic heterocycles. The van der Waals surface area contributed by atoms with Gasteiger partial charge in [-0.25, -0.2) is 0 Å². The summed E-state index contributed by atoms with van der Waals surface area (Å²) in [6, 6.07) is 0. The van der Waals surface area contributed by atoms with Crippen LogP contribution < -0.4 is 0 Å². The Morgan fingerprint density at radius 2 is 2.30 bits per heavy atom. The molecule has 1 saturated carbocycles. The molecule has 0 bridgehead atoms. The van der Waals surface area contributed by atoms with Gasteiger partial charge in [-0.2, -0.15) is 0 Å². The molecule has 10 heavy (non-hydrogen) atoms. The van der Waals surface area contributed by atoms with E-state index in [2.05, 4.69) is 6.92 Å². The number of aliphatic hydroxyl groups is 2. The van der Waals surface area contributed by atoms with Gasteiger partial charge in [0.15, 0.2) is 0 Å². The van der Waals surface area contributed by atoms with Crippen molar-refractivity contribution in [1.29, 1.82) is 0 Å². The van der Waals surface area contributed by atoms with Crippen molar-refractivity contribution >= 4 is 0 Å². The second kappa shape index (κ2) is 2.51. The van der Waals surface area contributed by atoms with E-state index in [1.807, 2.05) is 0 Å². The predicted octanol–water partition coefficient (Wildman–Crippen LogP) is 0.918. The molecule has 60 valence electrons. The lowest BCUT2D eigenvalue weighted by atomic mass is 10.1. The highest BCUT2D eigenvalue weighted by atomic mass is 16.3. The molecule has 2 heteroatoms. The standard InChI is InChI=1S/C8H16O2/c1-3-7-5-8(7,10)4-6(2)9/h6-7,9-10H,3-5H2,1-2H3. The van der Waals surface area contributed by atoms with E-state index < -0.39 is 5.60 Å². The number of rotatable bonds is 3. The lowest BCUT2D eigenvalue weighted by Gasteiger charge is -2.10. The molecule has 0 saturated heterocycles. The van der Waals surface area contributed by atoms with Crippen LogP contribution in [-0.4, -0.2) is 21.9 Å². The molecule has 1 aliphatic rings. The minimum atomic E-state index is -0.511. The van der Waals surface area contributed by atoms with E-state index in [1.54, 1.807) is 6.92 Å². The van der Waals surface area contributed by atoms with Gasteiger partial charge in [0.25, 0.3) is 0 Å². The first kappa shape index (κ1) is 8.02. The van der Waals surface area contributed by atoms with E-state index in [4.69, 9.17) is 5.11 Å². The van der Waals surface area contributed by atoms with E-state index in [-0.39, 0.29) is 6.10 Å². The van der Waals surface area contributed by atoms with Crippen LogP contribution >= 0.6 is 0 Å². The van der Waals surface area contributed by atoms with Crippen molar-refractivity contribution in [1.82, 2.24) is 0 Å². The van der Waals surface area contributed by atoms with Crippen molar-refractivity contribution in [2.75, 3.05) is 0 Å². The molecule has 1 rings (SSSR count). The minimum Gasteiger partial charge on any atom is -0.393 e. The van der Waals surface area contributed by atoms with Crippen molar-refractivity contribution < 1.29 is 10.2 Å². The molecule has 1 fully saturated rings. The third kappa shape index (κ3) is 1.50. The molecule has 0 aromatic rings. The molecule has 0 heterocycles. The number of hydrogen-bond donors (Lipinski definition) is 2. The molecule has 2 N–H and O–H groups in total. The second-order valence-corrected chi connectivity index (χ2v) is 3.47. The van der Waals surface area contributed by atoms with Crippen LogP contribution in [0.4, 0.5) is 0 Å². The fourth-order valence-corrected chi connectivity index (χ4v) is 1.65. The molecule has 0 radical (unpaired) electrons. The fourth-order valence-electron chi connectivity index (χ4n) is 1.65. The highest BCUT2D eigenvalue weighted by Gasteiger charge is 2.51. The van der Waals surface area contributed by atoms with Crippen LogP contribution in [0.25, 0.3) is 0 Å². The lowest BCUT2D eigenvalue weighted by Crippen LogP contribution is -2.18. The lowest BCUT2D eigenvalue weighted by molar-refractivity contribution is 0.0610. The third-order valence-corrected chi connectivity index (χ3v) is 2.34. The SMILES string of the molecule is CCC1CC1(O)CC(C)O. The molecule has 2 nitrogen and oxygen atoms in total. The van der Waals surface area contributed by atoms with Crippen LogP contribution in [0.15, 0.2) is 0 Å². The molecular weight excluding hydrogens is 128 g/mol. The summed E-state index contributed by atoms with van der Waals surface area (Å²) < 4.78 is 0. The first-order valence-corrected chi connectivity index (χ1v) is 3.99. The predicted molar refractivity (Wildman–Crippen MR) is 39.6 cm³/mol. The van der Waals surface area contributed by atoms with E-state index in [0.717, 1.165) is 12.8 Å². The molecule has 0 spiro atoms. The Bertz CT molecular complexity index is 122. The average Bonchev–Trinajstić information content (AvgIpc) is 2.39. The van der Waals surface area contributed by atoms with Gasteiger partial charge in [-0.05, 0) is 19.3 Å². The summed E-state index contributed by atoms with van der Waals surface area (Å²) in [6.45, 7) is 3.80. The van der Waals surface area contributed by atoms with Gasteiger partial charge >= 0.3 is 0 Å². The summed E-state index contributed by atoms with van der Waals surface area (Å²) in [6.07, 6.45) is 2.10. The van der Waals surface area contributed by atoms with E-state index in [1.165, 1.54) is 0 Å². The highest BCUT2D eigenvalue weighted by Crippen LogP contribution is 2.48. The van der Waals surface area contributed by atoms with Crippen LogP contribution in [-0.2, 0) is 0 Å². The van der Waals surface area contributed by atoms with Crippen LogP contribution in [0, 0.1) is 5.92 Å². The van der Waals surface area contributed by atoms with Crippen molar-refractivity contribution in [3.63, 3.8) is 0 Å². The quantitative estimate of drug-likeness (QED) is 0.618. The molecule has 3 unspecified atom stereocenters. The zero-order chi connectivity index (χ0) is 7.78. The summed E-state index contributed by atoms with van der Waals surface area (Å²) in [7, 11) is 0. The largest absolute Gasteiger partial charge is 0.393 e. The Kier molecular flexibility index (Phi) is 2.02. The topological polar surface area (TPSA) is 40.5 Å². The second-order valence-electron chi connectivity index (χ2n) is 3.47. The maximum absolute atomic E-state index is 9.60. The Balaban J connectivity index is 2.29. The number of hydrogen-bond acceptors (Lipinski definition) is 2. The van der Waals surface area contributed by atoms with Gasteiger partial charge in [0.05, 0.1) is 11.7 Å². The van der Waals surface area contributed by atoms with Crippen LogP contribution in [0.3, 0.4) is 0 Å². The Hall–Kier alpha value is -0.0800. The maximum atomic E-state index is 9.60. The van der Waals surface area contributed by atoms with Gasteiger partial charge in [-0.15, -0.1) is 0 Å². The first-order valence-electron chi connectivity index (χ1n) is 3.99. The van der Waals surface area contributed by atoms with Crippen molar-refractivity contribution in [2.45, 2.75) is 44.8 Å². The molecule has 0 aromatic carbocycles. The smallest absolute Gasteiger partial charge is 0.0704 e. The van der Waals surface area contributed by atoms with Crippen molar-refractivity contribution in [3.8, 4) is 0 Å².